The first kappa shape index (κ1) is 14.9. The molecule has 0 aliphatic carbocycles. The molecule has 1 aliphatic heterocycles. The molecule has 1 atom stereocenters. The monoisotopic (exact) mass is 282 g/mol. The Bertz CT molecular complexity index is 473. The molecule has 0 saturated carbocycles. The molecule has 5 heteroatoms. The van der Waals surface area contributed by atoms with Gasteiger partial charge in [0.2, 0.25) is 0 Å². The Labute approximate surface area is 118 Å². The van der Waals surface area contributed by atoms with E-state index in [2.05, 4.69) is 17.1 Å². The summed E-state index contributed by atoms with van der Waals surface area (Å²) < 4.78 is 25.9. The topological polar surface area (TPSA) is 32.3 Å². The number of rotatable bonds is 4. The molecular formula is C15H20F2N2O. The van der Waals surface area contributed by atoms with E-state index < -0.39 is 11.6 Å². The zero-order valence-electron chi connectivity index (χ0n) is 11.7. The average Bonchev–Trinajstić information content (AvgIpc) is 2.48. The fourth-order valence-electron chi connectivity index (χ4n) is 2.47. The van der Waals surface area contributed by atoms with Gasteiger partial charge in [0.05, 0.1) is 0 Å². The van der Waals surface area contributed by atoms with Gasteiger partial charge in [0.1, 0.15) is 0 Å². The molecule has 20 heavy (non-hydrogen) atoms. The predicted octanol–water partition coefficient (Wildman–Crippen LogP) is 2.57. The summed E-state index contributed by atoms with van der Waals surface area (Å²) in [6.45, 7) is 4.69. The number of carbonyl (C=O) groups is 1. The van der Waals surface area contributed by atoms with Crippen LogP contribution in [0.3, 0.4) is 0 Å². The number of benzene rings is 1. The second-order valence-electron chi connectivity index (χ2n) is 5.28. The van der Waals surface area contributed by atoms with Gasteiger partial charge >= 0.3 is 0 Å². The van der Waals surface area contributed by atoms with Gasteiger partial charge in [0.25, 0.3) is 5.91 Å². The number of hydrogen-bond donors (Lipinski definition) is 1. The van der Waals surface area contributed by atoms with E-state index in [1.54, 1.807) is 0 Å². The number of amides is 1. The van der Waals surface area contributed by atoms with Gasteiger partial charge in [0, 0.05) is 18.2 Å². The normalized spacial score (nSPS) is 17.8. The molecule has 110 valence electrons. The van der Waals surface area contributed by atoms with Gasteiger partial charge in [-0.3, -0.25) is 9.69 Å². The Kier molecular flexibility index (Phi) is 5.06. The standard InChI is InChI=1S/C15H20F2N2O/c1-11(19-7-3-2-4-8-19)10-18-15(20)12-5-6-13(16)14(17)9-12/h5-6,9,11H,2-4,7-8,10H2,1H3,(H,18,20). The van der Waals surface area contributed by atoms with E-state index in [0.29, 0.717) is 6.54 Å². The van der Waals surface area contributed by atoms with Crippen molar-refractivity contribution in [2.75, 3.05) is 19.6 Å². The highest BCUT2D eigenvalue weighted by Gasteiger charge is 2.17. The first-order valence-electron chi connectivity index (χ1n) is 7.05. The predicted molar refractivity (Wildman–Crippen MR) is 73.6 cm³/mol. The summed E-state index contributed by atoms with van der Waals surface area (Å²) in [4.78, 5) is 14.2. The number of hydrogen-bond acceptors (Lipinski definition) is 2. The van der Waals surface area contributed by atoms with Crippen molar-refractivity contribution in [2.24, 2.45) is 0 Å². The molecule has 1 aromatic rings. The van der Waals surface area contributed by atoms with Crippen molar-refractivity contribution in [3.63, 3.8) is 0 Å². The zero-order chi connectivity index (χ0) is 14.5. The van der Waals surface area contributed by atoms with E-state index in [-0.39, 0.29) is 17.5 Å². The molecule has 1 aliphatic rings. The van der Waals surface area contributed by atoms with Crippen LogP contribution in [0.5, 0.6) is 0 Å². The van der Waals surface area contributed by atoms with Gasteiger partial charge in [-0.2, -0.15) is 0 Å². The lowest BCUT2D eigenvalue weighted by molar-refractivity contribution is 0.0929. The highest BCUT2D eigenvalue weighted by molar-refractivity contribution is 5.94. The van der Waals surface area contributed by atoms with Gasteiger partial charge in [-0.15, -0.1) is 0 Å². The Hall–Kier alpha value is -1.49. The van der Waals surface area contributed by atoms with E-state index in [1.807, 2.05) is 0 Å². The zero-order valence-corrected chi connectivity index (χ0v) is 11.7. The molecule has 0 aromatic heterocycles. The lowest BCUT2D eigenvalue weighted by Crippen LogP contribution is -2.44. The Morgan fingerprint density at radius 2 is 1.95 bits per heavy atom. The fraction of sp³-hybridized carbons (Fsp3) is 0.533. The van der Waals surface area contributed by atoms with E-state index in [1.165, 1.54) is 25.3 Å². The van der Waals surface area contributed by atoms with E-state index in [0.717, 1.165) is 25.2 Å². The van der Waals surface area contributed by atoms with Crippen molar-refractivity contribution in [1.29, 1.82) is 0 Å². The summed E-state index contributed by atoms with van der Waals surface area (Å²) in [6.07, 6.45) is 3.66. The summed E-state index contributed by atoms with van der Waals surface area (Å²) in [5.41, 5.74) is 0.148. The lowest BCUT2D eigenvalue weighted by Gasteiger charge is -2.32. The van der Waals surface area contributed by atoms with Gasteiger partial charge < -0.3 is 5.32 Å². The van der Waals surface area contributed by atoms with E-state index >= 15 is 0 Å². The molecule has 0 bridgehead atoms. The number of likely N-dealkylation sites (tertiary alicyclic amines) is 1. The van der Waals surface area contributed by atoms with Crippen LogP contribution in [0.1, 0.15) is 36.5 Å². The van der Waals surface area contributed by atoms with Crippen LogP contribution in [0.2, 0.25) is 0 Å². The lowest BCUT2D eigenvalue weighted by atomic mass is 10.1. The summed E-state index contributed by atoms with van der Waals surface area (Å²) in [5.74, 6) is -2.31. The van der Waals surface area contributed by atoms with Crippen molar-refractivity contribution in [1.82, 2.24) is 10.2 Å². The highest BCUT2D eigenvalue weighted by atomic mass is 19.2. The average molecular weight is 282 g/mol. The first-order chi connectivity index (χ1) is 9.58. The van der Waals surface area contributed by atoms with Crippen molar-refractivity contribution < 1.29 is 13.6 Å². The third-order valence-electron chi connectivity index (χ3n) is 3.75. The molecule has 1 aromatic carbocycles. The minimum atomic E-state index is -0.998. The molecule has 1 amide bonds. The molecule has 1 heterocycles. The van der Waals surface area contributed by atoms with Gasteiger partial charge in [-0.1, -0.05) is 6.42 Å². The van der Waals surface area contributed by atoms with Gasteiger partial charge in [0.15, 0.2) is 11.6 Å². The van der Waals surface area contributed by atoms with Gasteiger partial charge in [-0.25, -0.2) is 8.78 Å². The van der Waals surface area contributed by atoms with Crippen LogP contribution >= 0.6 is 0 Å². The molecule has 1 fully saturated rings. The van der Waals surface area contributed by atoms with Crippen molar-refractivity contribution in [3.8, 4) is 0 Å². The van der Waals surface area contributed by atoms with Gasteiger partial charge in [-0.05, 0) is 51.1 Å². The second-order valence-corrected chi connectivity index (χ2v) is 5.28. The SMILES string of the molecule is CC(CNC(=O)c1ccc(F)c(F)c1)N1CCCCC1. The van der Waals surface area contributed by atoms with E-state index in [9.17, 15) is 13.6 Å². The third-order valence-corrected chi connectivity index (χ3v) is 3.75. The molecule has 0 spiro atoms. The van der Waals surface area contributed by atoms with Crippen LogP contribution in [0.25, 0.3) is 0 Å². The molecule has 0 radical (unpaired) electrons. The number of carbonyl (C=O) groups excluding carboxylic acids is 1. The maximum Gasteiger partial charge on any atom is 0.251 e. The van der Waals surface area contributed by atoms with Crippen molar-refractivity contribution in [3.05, 3.63) is 35.4 Å². The summed E-state index contributed by atoms with van der Waals surface area (Å²) in [6, 6.07) is 3.44. The minimum Gasteiger partial charge on any atom is -0.350 e. The number of nitrogens with one attached hydrogen (secondary N) is 1. The largest absolute Gasteiger partial charge is 0.350 e. The van der Waals surface area contributed by atoms with E-state index in [4.69, 9.17) is 0 Å². The fourth-order valence-corrected chi connectivity index (χ4v) is 2.47. The molecular weight excluding hydrogens is 262 g/mol. The Morgan fingerprint density at radius 1 is 1.25 bits per heavy atom. The maximum absolute atomic E-state index is 13.1. The molecule has 2 rings (SSSR count). The van der Waals surface area contributed by atoms with Crippen molar-refractivity contribution >= 4 is 5.91 Å². The van der Waals surface area contributed by atoms with Crippen LogP contribution in [-0.4, -0.2) is 36.5 Å². The number of piperidine rings is 1. The number of nitrogens with zero attached hydrogens (tertiary/aromatic N) is 1. The van der Waals surface area contributed by atoms with Crippen LogP contribution in [-0.2, 0) is 0 Å². The van der Waals surface area contributed by atoms with Crippen LogP contribution in [0.4, 0.5) is 8.78 Å². The third kappa shape index (κ3) is 3.76. The smallest absolute Gasteiger partial charge is 0.251 e. The van der Waals surface area contributed by atoms with Crippen LogP contribution in [0.15, 0.2) is 18.2 Å². The van der Waals surface area contributed by atoms with Crippen LogP contribution in [0, 0.1) is 11.6 Å². The summed E-state index contributed by atoms with van der Waals surface area (Å²) in [5, 5.41) is 2.77. The highest BCUT2D eigenvalue weighted by Crippen LogP contribution is 2.12. The second kappa shape index (κ2) is 6.79. The summed E-state index contributed by atoms with van der Waals surface area (Å²) in [7, 11) is 0. The summed E-state index contributed by atoms with van der Waals surface area (Å²) >= 11 is 0. The molecule has 3 nitrogen and oxygen atoms in total. The Morgan fingerprint density at radius 3 is 2.60 bits per heavy atom. The molecule has 1 unspecified atom stereocenters. The maximum atomic E-state index is 13.1. The Balaban J connectivity index is 1.86. The molecule has 1 N–H and O–H groups in total. The minimum absolute atomic E-state index is 0.148. The molecule has 1 saturated heterocycles. The van der Waals surface area contributed by atoms with Crippen molar-refractivity contribution in [2.45, 2.75) is 32.2 Å². The van der Waals surface area contributed by atoms with Crippen LogP contribution < -0.4 is 5.32 Å². The number of halogens is 2. The first-order valence-corrected chi connectivity index (χ1v) is 7.05. The quantitative estimate of drug-likeness (QED) is 0.920.